The molecule has 0 saturated carbocycles. The molecule has 0 bridgehead atoms. The van der Waals surface area contributed by atoms with Crippen molar-refractivity contribution in [3.63, 3.8) is 0 Å². The molecule has 0 aliphatic heterocycles. The highest BCUT2D eigenvalue weighted by Gasteiger charge is 2.05. The van der Waals surface area contributed by atoms with Gasteiger partial charge in [-0.3, -0.25) is 4.79 Å². The Morgan fingerprint density at radius 2 is 2.17 bits per heavy atom. The van der Waals surface area contributed by atoms with Crippen LogP contribution in [0.15, 0.2) is 34.9 Å². The molecule has 0 aliphatic carbocycles. The maximum Gasteiger partial charge on any atom is 0.220 e. The largest absolute Gasteiger partial charge is 0.464 e. The summed E-state index contributed by atoms with van der Waals surface area (Å²) < 4.78 is 5.46. The monoisotopic (exact) mass is 245 g/mol. The quantitative estimate of drug-likeness (QED) is 0.848. The summed E-state index contributed by atoms with van der Waals surface area (Å²) in [5.74, 6) is 0.143. The minimum Gasteiger partial charge on any atom is -0.464 e. The maximum absolute atomic E-state index is 11.5. The third-order valence-corrected chi connectivity index (χ3v) is 3.04. The van der Waals surface area contributed by atoms with E-state index in [1.807, 2.05) is 24.3 Å². The molecule has 3 heteroatoms. The van der Waals surface area contributed by atoms with Gasteiger partial charge in [-0.25, -0.2) is 0 Å². The van der Waals surface area contributed by atoms with Crippen LogP contribution in [-0.2, 0) is 11.2 Å². The lowest BCUT2D eigenvalue weighted by molar-refractivity contribution is -0.121. The summed E-state index contributed by atoms with van der Waals surface area (Å²) >= 11 is 0. The lowest BCUT2D eigenvalue weighted by Crippen LogP contribution is -2.25. The Morgan fingerprint density at radius 1 is 1.33 bits per heavy atom. The first-order chi connectivity index (χ1) is 8.81. The third kappa shape index (κ3) is 3.13. The van der Waals surface area contributed by atoms with Crippen molar-refractivity contribution in [1.29, 1.82) is 0 Å². The number of carbonyl (C=O) groups is 1. The third-order valence-electron chi connectivity index (χ3n) is 3.04. The van der Waals surface area contributed by atoms with E-state index < -0.39 is 0 Å². The molecule has 0 aliphatic rings. The van der Waals surface area contributed by atoms with E-state index in [2.05, 4.69) is 12.2 Å². The summed E-state index contributed by atoms with van der Waals surface area (Å²) in [4.78, 5) is 11.5. The Hall–Kier alpha value is -1.77. The van der Waals surface area contributed by atoms with Gasteiger partial charge in [0, 0.05) is 18.4 Å². The Labute approximate surface area is 107 Å². The molecule has 1 amide bonds. The normalized spacial score (nSPS) is 10.7. The zero-order valence-corrected chi connectivity index (χ0v) is 10.7. The van der Waals surface area contributed by atoms with Gasteiger partial charge in [0.25, 0.3) is 0 Å². The highest BCUT2D eigenvalue weighted by Crippen LogP contribution is 2.20. The number of hydrogen-bond acceptors (Lipinski definition) is 2. The van der Waals surface area contributed by atoms with Crippen LogP contribution in [0.5, 0.6) is 0 Å². The molecule has 0 atom stereocenters. The van der Waals surface area contributed by atoms with Crippen LogP contribution in [0.4, 0.5) is 0 Å². The fourth-order valence-corrected chi connectivity index (χ4v) is 1.99. The predicted molar refractivity (Wildman–Crippen MR) is 72.5 cm³/mol. The average Bonchev–Trinajstić information content (AvgIpc) is 2.80. The number of nitrogens with one attached hydrogen (secondary N) is 1. The van der Waals surface area contributed by atoms with Gasteiger partial charge in [-0.05, 0) is 24.5 Å². The Balaban J connectivity index is 1.85. The molecule has 0 radical (unpaired) electrons. The molecular formula is C15H19NO2. The predicted octanol–water partition coefficient (Wildman–Crippen LogP) is 3.28. The molecule has 2 aromatic rings. The van der Waals surface area contributed by atoms with Gasteiger partial charge in [0.05, 0.1) is 6.26 Å². The average molecular weight is 245 g/mol. The smallest absolute Gasteiger partial charge is 0.220 e. The molecule has 96 valence electrons. The number of carbonyl (C=O) groups excluding carboxylic acids is 1. The summed E-state index contributed by atoms with van der Waals surface area (Å²) in [5, 5.41) is 4.08. The van der Waals surface area contributed by atoms with Crippen molar-refractivity contribution in [3.05, 3.63) is 36.1 Å². The highest BCUT2D eigenvalue weighted by atomic mass is 16.3. The number of fused-ring (bicyclic) bond motifs is 1. The first-order valence-corrected chi connectivity index (χ1v) is 6.53. The molecular weight excluding hydrogens is 226 g/mol. The van der Waals surface area contributed by atoms with Gasteiger partial charge in [0.1, 0.15) is 5.58 Å². The second kappa shape index (κ2) is 6.24. The molecule has 1 heterocycles. The van der Waals surface area contributed by atoms with Crippen molar-refractivity contribution in [2.24, 2.45) is 0 Å². The zero-order chi connectivity index (χ0) is 12.8. The van der Waals surface area contributed by atoms with Gasteiger partial charge < -0.3 is 9.73 Å². The molecule has 0 saturated heterocycles. The Kier molecular flexibility index (Phi) is 4.40. The van der Waals surface area contributed by atoms with Crippen LogP contribution in [0, 0.1) is 0 Å². The number of furan rings is 1. The van der Waals surface area contributed by atoms with Crippen molar-refractivity contribution < 1.29 is 9.21 Å². The van der Waals surface area contributed by atoms with Crippen molar-refractivity contribution in [1.82, 2.24) is 5.32 Å². The summed E-state index contributed by atoms with van der Waals surface area (Å²) in [7, 11) is 0. The molecule has 0 spiro atoms. The first kappa shape index (κ1) is 12.7. The maximum atomic E-state index is 11.5. The molecule has 0 unspecified atom stereocenters. The second-order valence-corrected chi connectivity index (χ2v) is 4.46. The molecule has 3 nitrogen and oxygen atoms in total. The number of rotatable bonds is 6. The van der Waals surface area contributed by atoms with Crippen LogP contribution in [-0.4, -0.2) is 12.5 Å². The van der Waals surface area contributed by atoms with Crippen molar-refractivity contribution in [2.75, 3.05) is 6.54 Å². The number of benzene rings is 1. The topological polar surface area (TPSA) is 42.2 Å². The molecule has 1 N–H and O–H groups in total. The van der Waals surface area contributed by atoms with Crippen molar-refractivity contribution >= 4 is 16.9 Å². The number of hydrogen-bond donors (Lipinski definition) is 1. The molecule has 18 heavy (non-hydrogen) atoms. The van der Waals surface area contributed by atoms with Crippen molar-refractivity contribution in [2.45, 2.75) is 32.6 Å². The van der Waals surface area contributed by atoms with E-state index in [0.717, 1.165) is 35.8 Å². The van der Waals surface area contributed by atoms with E-state index in [0.29, 0.717) is 13.0 Å². The lowest BCUT2D eigenvalue weighted by Gasteiger charge is -2.03. The van der Waals surface area contributed by atoms with E-state index in [1.54, 1.807) is 6.26 Å². The molecule has 1 aromatic carbocycles. The van der Waals surface area contributed by atoms with E-state index >= 15 is 0 Å². The van der Waals surface area contributed by atoms with Gasteiger partial charge in [0.15, 0.2) is 0 Å². The SMILES string of the molecule is CCCCC(=O)NCCc1coc2ccccc12. The second-order valence-electron chi connectivity index (χ2n) is 4.46. The first-order valence-electron chi connectivity index (χ1n) is 6.53. The van der Waals surface area contributed by atoms with Gasteiger partial charge in [-0.15, -0.1) is 0 Å². The molecule has 2 rings (SSSR count). The van der Waals surface area contributed by atoms with Gasteiger partial charge in [0.2, 0.25) is 5.91 Å². The zero-order valence-electron chi connectivity index (χ0n) is 10.7. The van der Waals surface area contributed by atoms with E-state index in [1.165, 1.54) is 0 Å². The van der Waals surface area contributed by atoms with Gasteiger partial charge in [-0.1, -0.05) is 31.5 Å². The molecule has 0 fully saturated rings. The fraction of sp³-hybridized carbons (Fsp3) is 0.400. The van der Waals surface area contributed by atoms with Crippen LogP contribution in [0.2, 0.25) is 0 Å². The van der Waals surface area contributed by atoms with E-state index in [4.69, 9.17) is 4.42 Å². The number of amides is 1. The Morgan fingerprint density at radius 3 is 3.00 bits per heavy atom. The van der Waals surface area contributed by atoms with Crippen LogP contribution in [0.1, 0.15) is 31.7 Å². The summed E-state index contributed by atoms with van der Waals surface area (Å²) in [6, 6.07) is 7.97. The number of para-hydroxylation sites is 1. The van der Waals surface area contributed by atoms with E-state index in [9.17, 15) is 4.79 Å². The standard InChI is InChI=1S/C15H19NO2/c1-2-3-8-15(17)16-10-9-12-11-18-14-7-5-4-6-13(12)14/h4-7,11H,2-3,8-10H2,1H3,(H,16,17). The van der Waals surface area contributed by atoms with Crippen LogP contribution in [0.3, 0.4) is 0 Å². The minimum absolute atomic E-state index is 0.143. The summed E-state index contributed by atoms with van der Waals surface area (Å²) in [5.41, 5.74) is 2.06. The molecule has 1 aromatic heterocycles. The van der Waals surface area contributed by atoms with Gasteiger partial charge >= 0.3 is 0 Å². The van der Waals surface area contributed by atoms with Crippen LogP contribution < -0.4 is 5.32 Å². The summed E-state index contributed by atoms with van der Waals surface area (Å²) in [6.45, 7) is 2.76. The highest BCUT2D eigenvalue weighted by molar-refractivity contribution is 5.81. The van der Waals surface area contributed by atoms with Gasteiger partial charge in [-0.2, -0.15) is 0 Å². The number of unbranched alkanes of at least 4 members (excludes halogenated alkanes) is 1. The fourth-order valence-electron chi connectivity index (χ4n) is 1.99. The lowest BCUT2D eigenvalue weighted by atomic mass is 10.1. The van der Waals surface area contributed by atoms with E-state index in [-0.39, 0.29) is 5.91 Å². The van der Waals surface area contributed by atoms with Crippen LogP contribution in [0.25, 0.3) is 11.0 Å². The van der Waals surface area contributed by atoms with Crippen molar-refractivity contribution in [3.8, 4) is 0 Å². The minimum atomic E-state index is 0.143. The van der Waals surface area contributed by atoms with Crippen LogP contribution >= 0.6 is 0 Å². The Bertz CT molecular complexity index is 516. The summed E-state index contributed by atoms with van der Waals surface area (Å²) in [6.07, 6.45) is 5.24.